The Morgan fingerprint density at radius 1 is 0.320 bits per heavy atom. The van der Waals surface area contributed by atoms with Gasteiger partial charge in [-0.1, -0.05) is 120 Å². The molecule has 0 spiro atoms. The van der Waals surface area contributed by atoms with Crippen molar-refractivity contribution in [2.24, 2.45) is 21.7 Å². The van der Waals surface area contributed by atoms with Crippen molar-refractivity contribution in [1.29, 1.82) is 0 Å². The van der Waals surface area contributed by atoms with Gasteiger partial charge in [0.1, 0.15) is 12.2 Å². The number of hydrogen-bond acceptors (Lipinski definition) is 8. The molecule has 0 radical (unpaired) electrons. The molecule has 540 valence electrons. The Balaban J connectivity index is 0.000000121. The highest BCUT2D eigenvalue weighted by Gasteiger charge is 2.66. The fourth-order valence-electron chi connectivity index (χ4n) is 19.9. The zero-order valence-electron chi connectivity index (χ0n) is 66.5. The molecule has 0 aromatic heterocycles. The standard InChI is InChI=1S/C16H28O.C13H22O.C12H12O.C12H20O.C10H16O.C8H10F2O.C8H12O.C8H10O/c1-11-12(2)16(14(6,7)8)10-9-15(11,17-16)13(3,4)5;1-9-10(2)13(11(3,4)5)8-7-12(9,6)14-13;1-7-8(2)12-10-6-4-3-5-9(10)11(7)13-12;1-8-9(2)12(11(3,4)5)7-6-10(8)13-12;1-7-8(2)10(4)6-5-9(7,3)11-10;1-5-6(2)8(10)4-3-7(5,9)11-8;2*1-5-6(2)8-4-3-7(5)9-8/h9-10H2,1-8H3;7-8H2,1-6H3;3-6,11-12H,1-2H3;10H,6-7H2,1-5H3;5-6H2,1-4H3;3-4H2,1-2H3;7-8H,3-4H2,1-2H3;3-4,7-8H,1-2H3. The predicted octanol–water partition coefficient (Wildman–Crippen LogP) is 23.5. The van der Waals surface area contributed by atoms with E-state index in [-0.39, 0.29) is 85.9 Å². The normalized spacial score (nSPS) is 40.5. The van der Waals surface area contributed by atoms with Gasteiger partial charge in [-0.25, -0.2) is 8.78 Å². The zero-order valence-corrected chi connectivity index (χ0v) is 66.5. The lowest BCUT2D eigenvalue weighted by Crippen LogP contribution is -2.44. The predicted molar refractivity (Wildman–Crippen MR) is 393 cm³/mol. The molecule has 0 N–H and O–H groups in total. The molecular formula is C87H130F2O8. The van der Waals surface area contributed by atoms with Crippen LogP contribution in [0.5, 0.6) is 0 Å². The summed E-state index contributed by atoms with van der Waals surface area (Å²) in [5.74, 6) is -3.59. The molecule has 0 amide bonds. The van der Waals surface area contributed by atoms with Crippen molar-refractivity contribution in [3.05, 3.63) is 137 Å². The summed E-state index contributed by atoms with van der Waals surface area (Å²) in [5.41, 5.74) is 25.1. The molecule has 16 aliphatic rings. The van der Waals surface area contributed by atoms with Crippen LogP contribution in [0.2, 0.25) is 0 Å². The molecule has 16 aliphatic heterocycles. The highest BCUT2D eigenvalue weighted by Crippen LogP contribution is 2.66. The molecule has 0 aliphatic carbocycles. The number of halogens is 2. The van der Waals surface area contributed by atoms with Gasteiger partial charge in [-0.2, -0.15) is 0 Å². The SMILES string of the molecule is CC1=C(C)C2(C(C)(C)C)CCC1(C(C)(C)C)O2.CC1=C(C)C2(C(C)(C)C)CCC1(C)O2.CC1=C(C)C2(C(C)(C)C)CCC1O2.CC1=C(C)C2(C)CCC1(C)O2.CC1=C(C)C2(F)CCC1(F)O2.CC1=C(C)C2C=CC1O2.CC1=C(C)C2CCC1O2.CC1=C(C)C2OC1c1ccccc12. The topological polar surface area (TPSA) is 73.8 Å². The lowest BCUT2D eigenvalue weighted by atomic mass is 9.62. The van der Waals surface area contributed by atoms with Gasteiger partial charge in [-0.3, -0.25) is 0 Å². The minimum Gasteiger partial charge on any atom is -0.366 e. The van der Waals surface area contributed by atoms with Crippen LogP contribution in [0.3, 0.4) is 0 Å². The van der Waals surface area contributed by atoms with E-state index in [0.29, 0.717) is 41.7 Å². The molecular weight excluding hydrogens is 1210 g/mol. The average molecular weight is 1340 g/mol. The maximum Gasteiger partial charge on any atom is 0.234 e. The summed E-state index contributed by atoms with van der Waals surface area (Å²) in [4.78, 5) is 0. The van der Waals surface area contributed by atoms with Crippen LogP contribution in [0.4, 0.5) is 8.78 Å². The van der Waals surface area contributed by atoms with Crippen molar-refractivity contribution in [2.75, 3.05) is 0 Å². The highest BCUT2D eigenvalue weighted by atomic mass is 19.2. The van der Waals surface area contributed by atoms with Crippen LogP contribution in [0.1, 0.15) is 315 Å². The molecule has 17 rings (SSSR count). The minimum atomic E-state index is -1.79. The summed E-state index contributed by atoms with van der Waals surface area (Å²) < 4.78 is 73.9. The first-order valence-electron chi connectivity index (χ1n) is 37.4. The smallest absolute Gasteiger partial charge is 0.234 e. The Hall–Kier alpha value is -3.58. The third kappa shape index (κ3) is 12.0. The van der Waals surface area contributed by atoms with Gasteiger partial charge in [-0.15, -0.1) is 0 Å². The average Bonchev–Trinajstić information content (AvgIpc) is 1.53. The van der Waals surface area contributed by atoms with Gasteiger partial charge < -0.3 is 37.9 Å². The van der Waals surface area contributed by atoms with Crippen molar-refractivity contribution >= 4 is 0 Å². The highest BCUT2D eigenvalue weighted by molar-refractivity contribution is 5.49. The number of hydrogen-bond donors (Lipinski definition) is 0. The van der Waals surface area contributed by atoms with Crippen LogP contribution in [0.25, 0.3) is 0 Å². The fraction of sp³-hybridized carbons (Fsp3) is 0.724. The van der Waals surface area contributed by atoms with E-state index < -0.39 is 11.7 Å². The quantitative estimate of drug-likeness (QED) is 0.238. The van der Waals surface area contributed by atoms with E-state index >= 15 is 0 Å². The molecule has 16 bridgehead atoms. The van der Waals surface area contributed by atoms with Crippen LogP contribution in [0, 0.1) is 21.7 Å². The summed E-state index contributed by atoms with van der Waals surface area (Å²) in [6, 6.07) is 8.53. The third-order valence-electron chi connectivity index (χ3n) is 28.4. The molecule has 0 saturated carbocycles. The first-order valence-corrected chi connectivity index (χ1v) is 37.4. The summed E-state index contributed by atoms with van der Waals surface area (Å²) in [6.07, 6.45) is 19.2. The number of benzene rings is 1. The van der Waals surface area contributed by atoms with Gasteiger partial charge in [0.05, 0.1) is 69.7 Å². The molecule has 16 unspecified atom stereocenters. The van der Waals surface area contributed by atoms with Gasteiger partial charge in [-0.05, 0) is 318 Å². The van der Waals surface area contributed by atoms with Gasteiger partial charge in [0.25, 0.3) is 0 Å². The second kappa shape index (κ2) is 25.1. The van der Waals surface area contributed by atoms with Crippen LogP contribution in [-0.2, 0) is 37.9 Å². The maximum absolute atomic E-state index is 13.5. The van der Waals surface area contributed by atoms with Crippen LogP contribution in [0.15, 0.2) is 126 Å². The number of rotatable bonds is 0. The first kappa shape index (κ1) is 76.1. The van der Waals surface area contributed by atoms with Gasteiger partial charge in [0, 0.05) is 12.8 Å². The van der Waals surface area contributed by atoms with Gasteiger partial charge in [0.2, 0.25) is 11.7 Å². The molecule has 1 aromatic carbocycles. The largest absolute Gasteiger partial charge is 0.366 e. The van der Waals surface area contributed by atoms with Crippen LogP contribution in [-0.4, -0.2) is 81.4 Å². The number of fused-ring (bicyclic) bond motifs is 19. The first-order chi connectivity index (χ1) is 44.4. The molecule has 1 aromatic rings. The van der Waals surface area contributed by atoms with Crippen molar-refractivity contribution < 1.29 is 46.7 Å². The third-order valence-corrected chi connectivity index (χ3v) is 28.4. The fourth-order valence-corrected chi connectivity index (χ4v) is 19.9. The second-order valence-corrected chi connectivity index (χ2v) is 37.0. The minimum absolute atomic E-state index is 0.0197. The Morgan fingerprint density at radius 2 is 0.680 bits per heavy atom. The molecule has 97 heavy (non-hydrogen) atoms. The summed E-state index contributed by atoms with van der Waals surface area (Å²) in [6.45, 7) is 68.5. The second-order valence-electron chi connectivity index (χ2n) is 37.0. The molecule has 6 saturated heterocycles. The molecule has 8 nitrogen and oxygen atoms in total. The van der Waals surface area contributed by atoms with E-state index in [1.54, 1.807) is 13.8 Å². The van der Waals surface area contributed by atoms with E-state index in [1.807, 2.05) is 0 Å². The van der Waals surface area contributed by atoms with E-state index in [1.165, 1.54) is 153 Å². The Kier molecular flexibility index (Phi) is 19.7. The van der Waals surface area contributed by atoms with E-state index in [4.69, 9.17) is 33.2 Å². The van der Waals surface area contributed by atoms with Crippen LogP contribution >= 0.6 is 0 Å². The summed E-state index contributed by atoms with van der Waals surface area (Å²) in [7, 11) is 0. The Morgan fingerprint density at radius 3 is 0.938 bits per heavy atom. The van der Waals surface area contributed by atoms with Gasteiger partial charge in [0.15, 0.2) is 0 Å². The van der Waals surface area contributed by atoms with Crippen molar-refractivity contribution in [2.45, 2.75) is 385 Å². The Bertz CT molecular complexity index is 3390. The monoisotopic (exact) mass is 1340 g/mol. The van der Waals surface area contributed by atoms with Gasteiger partial charge >= 0.3 is 0 Å². The lowest BCUT2D eigenvalue weighted by Gasteiger charge is -2.42. The Labute approximate surface area is 587 Å². The number of ether oxygens (including phenoxy) is 8. The zero-order chi connectivity index (χ0) is 72.3. The molecule has 16 atom stereocenters. The maximum atomic E-state index is 13.5. The number of alkyl halides is 2. The van der Waals surface area contributed by atoms with Crippen LogP contribution < -0.4 is 0 Å². The van der Waals surface area contributed by atoms with E-state index in [2.05, 4.69) is 242 Å². The van der Waals surface area contributed by atoms with Crippen molar-refractivity contribution in [3.63, 3.8) is 0 Å². The lowest BCUT2D eigenvalue weighted by molar-refractivity contribution is -0.167. The molecule has 6 fully saturated rings. The van der Waals surface area contributed by atoms with E-state index in [9.17, 15) is 8.78 Å². The summed E-state index contributed by atoms with van der Waals surface area (Å²) >= 11 is 0. The molecule has 16 heterocycles. The summed E-state index contributed by atoms with van der Waals surface area (Å²) in [5, 5.41) is 0. The van der Waals surface area contributed by atoms with Crippen molar-refractivity contribution in [1.82, 2.24) is 0 Å². The molecule has 10 heteroatoms. The van der Waals surface area contributed by atoms with E-state index in [0.717, 1.165) is 0 Å². The van der Waals surface area contributed by atoms with Crippen molar-refractivity contribution in [3.8, 4) is 0 Å².